The van der Waals surface area contributed by atoms with E-state index < -0.39 is 24.0 Å². The van der Waals surface area contributed by atoms with E-state index in [1.807, 2.05) is 0 Å². The van der Waals surface area contributed by atoms with E-state index in [4.69, 9.17) is 15.2 Å². The van der Waals surface area contributed by atoms with Gasteiger partial charge in [-0.2, -0.15) is 0 Å². The average molecular weight is 360 g/mol. The molecule has 0 spiro atoms. The molecule has 1 unspecified atom stereocenters. The molecule has 9 heteroatoms. The van der Waals surface area contributed by atoms with Crippen LogP contribution in [0.1, 0.15) is 18.6 Å². The number of carboxylic acids is 1. The van der Waals surface area contributed by atoms with Crippen molar-refractivity contribution in [1.82, 2.24) is 4.98 Å². The van der Waals surface area contributed by atoms with Crippen molar-refractivity contribution in [3.8, 4) is 11.5 Å². The lowest BCUT2D eigenvalue weighted by Gasteiger charge is -2.14. The number of rotatable bonds is 6. The number of nitrogens with two attached hydrogens (primary N) is 1. The van der Waals surface area contributed by atoms with Gasteiger partial charge < -0.3 is 25.1 Å². The zero-order chi connectivity index (χ0) is 19.1. The molecule has 1 atom stereocenters. The van der Waals surface area contributed by atoms with Gasteiger partial charge in [0.25, 0.3) is 0 Å². The molecule has 136 valence electrons. The average Bonchev–Trinajstić information content (AvgIpc) is 2.62. The largest absolute Gasteiger partial charge is 0.478 e. The van der Waals surface area contributed by atoms with Crippen LogP contribution in [0.2, 0.25) is 0 Å². The van der Waals surface area contributed by atoms with E-state index in [0.717, 1.165) is 0 Å². The number of pyridine rings is 1. The molecular weight excluding hydrogens is 344 g/mol. The highest BCUT2D eigenvalue weighted by atomic mass is 16.6. The van der Waals surface area contributed by atoms with Gasteiger partial charge in [-0.3, -0.25) is 4.98 Å². The van der Waals surface area contributed by atoms with Crippen molar-refractivity contribution in [1.29, 1.82) is 0 Å². The number of aliphatic carboxylic acids is 1. The van der Waals surface area contributed by atoms with Gasteiger partial charge in [0.1, 0.15) is 5.75 Å². The van der Waals surface area contributed by atoms with E-state index >= 15 is 0 Å². The van der Waals surface area contributed by atoms with Crippen molar-refractivity contribution in [2.45, 2.75) is 13.0 Å². The van der Waals surface area contributed by atoms with Gasteiger partial charge in [0, 0.05) is 11.8 Å². The van der Waals surface area contributed by atoms with Gasteiger partial charge in [0.2, 0.25) is 6.10 Å². The molecule has 0 bridgehead atoms. The lowest BCUT2D eigenvalue weighted by molar-refractivity contribution is -0.176. The predicted octanol–water partition coefficient (Wildman–Crippen LogP) is 1.69. The molecule has 0 fully saturated rings. The first-order valence-electron chi connectivity index (χ1n) is 7.50. The van der Waals surface area contributed by atoms with E-state index in [1.54, 1.807) is 6.07 Å². The number of nitrogen functional groups attached to an aromatic ring is 1. The molecular formula is C17H16N2O7. The smallest absolute Gasteiger partial charge is 0.418 e. The summed E-state index contributed by atoms with van der Waals surface area (Å²) in [6.45, 7) is 1.47. The Morgan fingerprint density at radius 1 is 1.15 bits per heavy atom. The maximum Gasteiger partial charge on any atom is 0.418 e. The summed E-state index contributed by atoms with van der Waals surface area (Å²) in [7, 11) is 0. The van der Waals surface area contributed by atoms with Gasteiger partial charge in [-0.1, -0.05) is 12.1 Å². The van der Waals surface area contributed by atoms with E-state index in [2.05, 4.69) is 9.72 Å². The quantitative estimate of drug-likeness (QED) is 0.582. The molecule has 0 aliphatic carbocycles. The summed E-state index contributed by atoms with van der Waals surface area (Å²) in [4.78, 5) is 38.1. The second-order valence-corrected chi connectivity index (χ2v) is 4.93. The number of aromatic nitrogens is 1. The van der Waals surface area contributed by atoms with Crippen LogP contribution in [0.25, 0.3) is 0 Å². The number of anilines is 1. The van der Waals surface area contributed by atoms with Crippen LogP contribution in [0.3, 0.4) is 0 Å². The summed E-state index contributed by atoms with van der Waals surface area (Å²) in [6, 6.07) is 7.28. The van der Waals surface area contributed by atoms with Crippen molar-refractivity contribution in [3.05, 3.63) is 48.3 Å². The number of benzene rings is 1. The number of esters is 2. The first-order valence-corrected chi connectivity index (χ1v) is 7.50. The molecule has 0 saturated carbocycles. The highest BCUT2D eigenvalue weighted by Crippen LogP contribution is 2.28. The summed E-state index contributed by atoms with van der Waals surface area (Å²) in [6.07, 6.45) is 1.29. The second kappa shape index (κ2) is 8.47. The molecule has 2 rings (SSSR count). The minimum absolute atomic E-state index is 0.0326. The molecule has 0 radical (unpaired) electrons. The molecule has 0 aliphatic rings. The van der Waals surface area contributed by atoms with Gasteiger partial charge >= 0.3 is 17.9 Å². The maximum atomic E-state index is 11.6. The highest BCUT2D eigenvalue weighted by Gasteiger charge is 2.28. The summed E-state index contributed by atoms with van der Waals surface area (Å²) < 4.78 is 14.7. The maximum absolute atomic E-state index is 11.6. The van der Waals surface area contributed by atoms with E-state index in [9.17, 15) is 19.5 Å². The molecule has 9 nitrogen and oxygen atoms in total. The number of carboxylic acid groups (broad SMARTS) is 1. The molecule has 1 heterocycles. The Labute approximate surface area is 148 Å². The van der Waals surface area contributed by atoms with Crippen LogP contribution in [0.4, 0.5) is 5.69 Å². The molecule has 2 aromatic rings. The molecule has 0 aliphatic heterocycles. The number of hydrogen-bond acceptors (Lipinski definition) is 8. The van der Waals surface area contributed by atoms with Crippen molar-refractivity contribution in [2.24, 2.45) is 0 Å². The van der Waals surface area contributed by atoms with Gasteiger partial charge in [0.05, 0.1) is 18.5 Å². The summed E-state index contributed by atoms with van der Waals surface area (Å²) in [5.74, 6) is -3.38. The second-order valence-electron chi connectivity index (χ2n) is 4.93. The van der Waals surface area contributed by atoms with E-state index in [-0.39, 0.29) is 12.2 Å². The number of nitrogens with zero attached hydrogens (tertiary/aromatic N) is 1. The number of ether oxygens (including phenoxy) is 3. The van der Waals surface area contributed by atoms with Crippen molar-refractivity contribution in [3.63, 3.8) is 0 Å². The normalized spacial score (nSPS) is 11.3. The third-order valence-electron chi connectivity index (χ3n) is 3.12. The molecule has 26 heavy (non-hydrogen) atoms. The summed E-state index contributed by atoms with van der Waals surface area (Å²) >= 11 is 0. The van der Waals surface area contributed by atoms with E-state index in [0.29, 0.717) is 17.2 Å². The Morgan fingerprint density at radius 3 is 2.42 bits per heavy atom. The third kappa shape index (κ3) is 4.69. The standard InChI is InChI=1S/C17H16N2O7/c1-2-24-16(22)17(23)26-14(15(20)21)10-3-5-11(6-4-10)25-13-9-19-8-7-12(13)18/h3-9,14H,2H2,1H3,(H2,18,19)(H,20,21). The Balaban J connectivity index is 2.13. The minimum atomic E-state index is -1.66. The first kappa shape index (κ1) is 18.7. The Kier molecular flexibility index (Phi) is 6.10. The van der Waals surface area contributed by atoms with Crippen LogP contribution in [-0.4, -0.2) is 34.6 Å². The van der Waals surface area contributed by atoms with Gasteiger partial charge in [-0.15, -0.1) is 0 Å². The van der Waals surface area contributed by atoms with Crippen LogP contribution >= 0.6 is 0 Å². The first-order chi connectivity index (χ1) is 12.4. The zero-order valence-electron chi connectivity index (χ0n) is 13.7. The number of carbonyl (C=O) groups excluding carboxylic acids is 2. The fourth-order valence-corrected chi connectivity index (χ4v) is 1.92. The van der Waals surface area contributed by atoms with Gasteiger partial charge in [-0.05, 0) is 25.1 Å². The third-order valence-corrected chi connectivity index (χ3v) is 3.12. The SMILES string of the molecule is CCOC(=O)C(=O)OC(C(=O)O)c1ccc(Oc2cnccc2N)cc1. The fourth-order valence-electron chi connectivity index (χ4n) is 1.92. The molecule has 0 amide bonds. The fraction of sp³-hybridized carbons (Fsp3) is 0.176. The van der Waals surface area contributed by atoms with Crippen LogP contribution < -0.4 is 10.5 Å². The van der Waals surface area contributed by atoms with Crippen molar-refractivity contribution >= 4 is 23.6 Å². The van der Waals surface area contributed by atoms with Crippen LogP contribution in [0, 0.1) is 0 Å². The summed E-state index contributed by atoms with van der Waals surface area (Å²) in [5.41, 5.74) is 6.28. The Hall–Kier alpha value is -3.62. The lowest BCUT2D eigenvalue weighted by atomic mass is 10.1. The highest BCUT2D eigenvalue weighted by molar-refractivity contribution is 6.29. The van der Waals surface area contributed by atoms with Gasteiger partial charge in [0.15, 0.2) is 5.75 Å². The monoisotopic (exact) mass is 360 g/mol. The van der Waals surface area contributed by atoms with Crippen molar-refractivity contribution < 1.29 is 33.7 Å². The van der Waals surface area contributed by atoms with Gasteiger partial charge in [-0.25, -0.2) is 14.4 Å². The topological polar surface area (TPSA) is 138 Å². The zero-order valence-corrected chi connectivity index (χ0v) is 13.7. The lowest BCUT2D eigenvalue weighted by Crippen LogP contribution is -2.26. The number of hydrogen-bond donors (Lipinski definition) is 2. The van der Waals surface area contributed by atoms with Crippen LogP contribution in [0.15, 0.2) is 42.7 Å². The van der Waals surface area contributed by atoms with Crippen LogP contribution in [-0.2, 0) is 23.9 Å². The van der Waals surface area contributed by atoms with Crippen molar-refractivity contribution in [2.75, 3.05) is 12.3 Å². The number of carbonyl (C=O) groups is 3. The molecule has 1 aromatic heterocycles. The van der Waals surface area contributed by atoms with E-state index in [1.165, 1.54) is 43.6 Å². The molecule has 0 saturated heterocycles. The predicted molar refractivity (Wildman–Crippen MR) is 88.3 cm³/mol. The van der Waals surface area contributed by atoms with Crippen LogP contribution in [0.5, 0.6) is 11.5 Å². The molecule has 3 N–H and O–H groups in total. The minimum Gasteiger partial charge on any atom is -0.478 e. The molecule has 1 aromatic carbocycles. The Morgan fingerprint density at radius 2 is 1.85 bits per heavy atom. The Bertz CT molecular complexity index is 805. The summed E-state index contributed by atoms with van der Waals surface area (Å²) in [5, 5.41) is 9.24.